The van der Waals surface area contributed by atoms with Gasteiger partial charge in [-0.1, -0.05) is 23.9 Å². The van der Waals surface area contributed by atoms with Gasteiger partial charge in [-0.2, -0.15) is 0 Å². The van der Waals surface area contributed by atoms with Crippen LogP contribution in [0.25, 0.3) is 11.0 Å². The van der Waals surface area contributed by atoms with Crippen molar-refractivity contribution < 1.29 is 14.2 Å². The first-order chi connectivity index (χ1) is 16.8. The van der Waals surface area contributed by atoms with Crippen molar-refractivity contribution in [1.29, 1.82) is 0 Å². The molecule has 0 atom stereocenters. The van der Waals surface area contributed by atoms with Gasteiger partial charge in [0.15, 0.2) is 5.16 Å². The number of aromatic nitrogens is 3. The van der Waals surface area contributed by atoms with E-state index in [0.29, 0.717) is 0 Å². The standard InChI is InChI=1S/C25H34N4O3S2/c1-20-23(19-34-25-27-21-5-2-3-6-22(21)28-25)26-8-7-24(20)33-18-17-31-13-4-12-30-14-9-29-10-15-32-16-11-29/h2-3,5-8H,4,9-19H2,1H3,(H,27,28). The largest absolute Gasteiger partial charge is 0.380 e. The number of imidazole rings is 1. The number of nitrogens with zero attached hydrogens (tertiary/aromatic N) is 3. The van der Waals surface area contributed by atoms with Crippen LogP contribution in [0, 0.1) is 6.92 Å². The Labute approximate surface area is 210 Å². The second-order valence-electron chi connectivity index (χ2n) is 8.11. The van der Waals surface area contributed by atoms with Crippen molar-refractivity contribution >= 4 is 34.6 Å². The molecule has 2 aromatic heterocycles. The van der Waals surface area contributed by atoms with Crippen LogP contribution in [-0.2, 0) is 20.0 Å². The van der Waals surface area contributed by atoms with Crippen LogP contribution < -0.4 is 0 Å². The first-order valence-corrected chi connectivity index (χ1v) is 13.9. The highest BCUT2D eigenvalue weighted by Gasteiger charge is 2.10. The molecule has 0 bridgehead atoms. The topological polar surface area (TPSA) is 72.5 Å². The van der Waals surface area contributed by atoms with Crippen LogP contribution in [0.15, 0.2) is 46.6 Å². The highest BCUT2D eigenvalue weighted by Crippen LogP contribution is 2.28. The lowest BCUT2D eigenvalue weighted by Gasteiger charge is -2.26. The third-order valence-electron chi connectivity index (χ3n) is 5.69. The van der Waals surface area contributed by atoms with E-state index < -0.39 is 0 Å². The summed E-state index contributed by atoms with van der Waals surface area (Å²) >= 11 is 3.52. The van der Waals surface area contributed by atoms with Crippen molar-refractivity contribution in [3.63, 3.8) is 0 Å². The lowest BCUT2D eigenvalue weighted by Crippen LogP contribution is -2.38. The Morgan fingerprint density at radius 3 is 2.71 bits per heavy atom. The molecule has 3 heterocycles. The van der Waals surface area contributed by atoms with E-state index in [1.165, 1.54) is 10.5 Å². The van der Waals surface area contributed by atoms with Gasteiger partial charge >= 0.3 is 0 Å². The molecule has 7 nitrogen and oxygen atoms in total. The minimum Gasteiger partial charge on any atom is -0.380 e. The molecule has 3 aromatic rings. The van der Waals surface area contributed by atoms with Crippen molar-refractivity contribution in [1.82, 2.24) is 19.9 Å². The molecule has 4 rings (SSSR count). The molecule has 1 aromatic carbocycles. The van der Waals surface area contributed by atoms with Gasteiger partial charge in [0.25, 0.3) is 0 Å². The zero-order valence-electron chi connectivity index (χ0n) is 19.8. The molecule has 1 fully saturated rings. The van der Waals surface area contributed by atoms with Crippen LogP contribution in [0.5, 0.6) is 0 Å². The van der Waals surface area contributed by atoms with Gasteiger partial charge in [0.2, 0.25) is 0 Å². The van der Waals surface area contributed by atoms with E-state index in [9.17, 15) is 0 Å². The van der Waals surface area contributed by atoms with Gasteiger partial charge in [-0.05, 0) is 37.1 Å². The maximum absolute atomic E-state index is 5.80. The van der Waals surface area contributed by atoms with E-state index in [4.69, 9.17) is 14.2 Å². The number of nitrogens with one attached hydrogen (secondary N) is 1. The van der Waals surface area contributed by atoms with Gasteiger partial charge in [0.05, 0.1) is 43.2 Å². The third kappa shape index (κ3) is 7.96. The van der Waals surface area contributed by atoms with Crippen LogP contribution in [-0.4, -0.2) is 84.9 Å². The molecule has 34 heavy (non-hydrogen) atoms. The number of hydrogen-bond donors (Lipinski definition) is 1. The monoisotopic (exact) mass is 502 g/mol. The fraction of sp³-hybridized carbons (Fsp3) is 0.520. The maximum Gasteiger partial charge on any atom is 0.166 e. The minimum absolute atomic E-state index is 0.739. The Kier molecular flexibility index (Phi) is 10.5. The van der Waals surface area contributed by atoms with Crippen molar-refractivity contribution in [2.24, 2.45) is 0 Å². The predicted molar refractivity (Wildman–Crippen MR) is 139 cm³/mol. The Hall–Kier alpha value is -1.62. The Balaban J connectivity index is 1.08. The molecule has 0 aliphatic carbocycles. The summed E-state index contributed by atoms with van der Waals surface area (Å²) in [5.41, 5.74) is 4.41. The van der Waals surface area contributed by atoms with Gasteiger partial charge in [0, 0.05) is 55.4 Å². The van der Waals surface area contributed by atoms with E-state index in [2.05, 4.69) is 38.9 Å². The molecular weight excluding hydrogens is 468 g/mol. The number of hydrogen-bond acceptors (Lipinski definition) is 8. The first kappa shape index (κ1) is 25.5. The van der Waals surface area contributed by atoms with Crippen LogP contribution in [0.2, 0.25) is 0 Å². The number of benzene rings is 1. The highest BCUT2D eigenvalue weighted by atomic mass is 32.2. The second-order valence-corrected chi connectivity index (χ2v) is 10.2. The third-order valence-corrected chi connectivity index (χ3v) is 7.70. The average molecular weight is 503 g/mol. The number of morpholine rings is 1. The number of thioether (sulfide) groups is 2. The summed E-state index contributed by atoms with van der Waals surface area (Å²) < 4.78 is 16.9. The molecule has 9 heteroatoms. The summed E-state index contributed by atoms with van der Waals surface area (Å²) in [5.74, 6) is 1.72. The van der Waals surface area contributed by atoms with Crippen LogP contribution in [0.4, 0.5) is 0 Å². The van der Waals surface area contributed by atoms with Crippen molar-refractivity contribution in [3.8, 4) is 0 Å². The van der Waals surface area contributed by atoms with E-state index in [0.717, 1.165) is 99.1 Å². The number of fused-ring (bicyclic) bond motifs is 1. The summed E-state index contributed by atoms with van der Waals surface area (Å²) in [7, 11) is 0. The molecule has 0 unspecified atom stereocenters. The van der Waals surface area contributed by atoms with E-state index in [-0.39, 0.29) is 0 Å². The molecule has 1 saturated heterocycles. The molecule has 0 radical (unpaired) electrons. The number of aromatic amines is 1. The fourth-order valence-corrected chi connectivity index (χ4v) is 5.51. The summed E-state index contributed by atoms with van der Waals surface area (Å²) in [6.07, 6.45) is 2.84. The number of para-hydroxylation sites is 2. The van der Waals surface area contributed by atoms with Gasteiger partial charge in [-0.25, -0.2) is 4.98 Å². The lowest BCUT2D eigenvalue weighted by molar-refractivity contribution is 0.0176. The van der Waals surface area contributed by atoms with Crippen molar-refractivity contribution in [3.05, 3.63) is 47.8 Å². The SMILES string of the molecule is Cc1c(SCCOCCCOCCN2CCOCC2)ccnc1CSc1nc2ccccc2[nH]1. The summed E-state index contributed by atoms with van der Waals surface area (Å²) in [4.78, 5) is 16.3. The molecule has 0 spiro atoms. The quantitative estimate of drug-likeness (QED) is 0.257. The molecule has 184 valence electrons. The molecule has 0 amide bonds. The van der Waals surface area contributed by atoms with Crippen molar-refractivity contribution in [2.75, 3.05) is 65.0 Å². The zero-order valence-corrected chi connectivity index (χ0v) is 21.5. The van der Waals surface area contributed by atoms with Crippen LogP contribution >= 0.6 is 23.5 Å². The van der Waals surface area contributed by atoms with E-state index in [1.807, 2.05) is 36.2 Å². The van der Waals surface area contributed by atoms with Crippen molar-refractivity contribution in [2.45, 2.75) is 29.1 Å². The number of pyridine rings is 1. The average Bonchev–Trinajstić information content (AvgIpc) is 3.29. The van der Waals surface area contributed by atoms with Gasteiger partial charge in [-0.3, -0.25) is 9.88 Å². The summed E-state index contributed by atoms with van der Waals surface area (Å²) in [6, 6.07) is 10.2. The molecule has 0 saturated carbocycles. The van der Waals surface area contributed by atoms with Gasteiger partial charge in [-0.15, -0.1) is 11.8 Å². The Morgan fingerprint density at radius 2 is 1.85 bits per heavy atom. The number of rotatable bonds is 14. The van der Waals surface area contributed by atoms with Crippen LogP contribution in [0.3, 0.4) is 0 Å². The summed E-state index contributed by atoms with van der Waals surface area (Å²) in [5, 5.41) is 0.930. The number of H-pyrrole nitrogens is 1. The predicted octanol–water partition coefficient (Wildman–Crippen LogP) is 4.41. The number of ether oxygens (including phenoxy) is 3. The lowest BCUT2D eigenvalue weighted by atomic mass is 10.2. The smallest absolute Gasteiger partial charge is 0.166 e. The van der Waals surface area contributed by atoms with E-state index >= 15 is 0 Å². The second kappa shape index (κ2) is 14.1. The Bertz CT molecular complexity index is 978. The molecular formula is C25H34N4O3S2. The van der Waals surface area contributed by atoms with E-state index in [1.54, 1.807) is 11.8 Å². The van der Waals surface area contributed by atoms with Gasteiger partial charge in [0.1, 0.15) is 0 Å². The van der Waals surface area contributed by atoms with Gasteiger partial charge < -0.3 is 19.2 Å². The van der Waals surface area contributed by atoms with Crippen LogP contribution in [0.1, 0.15) is 17.7 Å². The zero-order chi connectivity index (χ0) is 23.4. The maximum atomic E-state index is 5.80. The highest BCUT2D eigenvalue weighted by molar-refractivity contribution is 7.99. The minimum atomic E-state index is 0.739. The first-order valence-electron chi connectivity index (χ1n) is 11.9. The molecule has 1 aliphatic rings. The molecule has 1 N–H and O–H groups in total. The summed E-state index contributed by atoms with van der Waals surface area (Å²) in [6.45, 7) is 9.88. The normalized spacial score (nSPS) is 14.7. The Morgan fingerprint density at radius 1 is 1.03 bits per heavy atom. The molecule has 1 aliphatic heterocycles. The fourth-order valence-electron chi connectivity index (χ4n) is 3.69.